The topological polar surface area (TPSA) is 41.1 Å². The highest BCUT2D eigenvalue weighted by Crippen LogP contribution is 2.37. The van der Waals surface area contributed by atoms with Crippen molar-refractivity contribution in [2.24, 2.45) is 5.92 Å². The van der Waals surface area contributed by atoms with E-state index in [1.807, 2.05) is 0 Å². The Labute approximate surface area is 111 Å². The van der Waals surface area contributed by atoms with Crippen molar-refractivity contribution in [1.29, 1.82) is 0 Å². The van der Waals surface area contributed by atoms with E-state index >= 15 is 0 Å². The normalized spacial score (nSPS) is 29.9. The molecule has 0 radical (unpaired) electrons. The van der Waals surface area contributed by atoms with Gasteiger partial charge in [-0.2, -0.15) is 13.2 Å². The largest absolute Gasteiger partial charge is 0.393 e. The predicted octanol–water partition coefficient (Wildman–Crippen LogP) is 2.36. The van der Waals surface area contributed by atoms with Crippen LogP contribution in [-0.2, 0) is 4.79 Å². The lowest BCUT2D eigenvalue weighted by molar-refractivity contribution is -0.189. The van der Waals surface area contributed by atoms with Gasteiger partial charge >= 0.3 is 6.18 Å². The molecule has 0 aliphatic heterocycles. The van der Waals surface area contributed by atoms with Crippen LogP contribution in [0.5, 0.6) is 0 Å². The van der Waals surface area contributed by atoms with E-state index in [1.165, 1.54) is 0 Å². The first-order valence-corrected chi connectivity index (χ1v) is 7.01. The molecular formula is C13H21F3N2O. The fourth-order valence-corrected chi connectivity index (χ4v) is 2.67. The lowest BCUT2D eigenvalue weighted by Gasteiger charge is -2.35. The molecule has 6 heteroatoms. The minimum absolute atomic E-state index is 0.165. The third-order valence-corrected chi connectivity index (χ3v) is 3.97. The van der Waals surface area contributed by atoms with E-state index in [-0.39, 0.29) is 18.4 Å². The van der Waals surface area contributed by atoms with Crippen molar-refractivity contribution in [1.82, 2.24) is 10.6 Å². The first-order valence-electron chi connectivity index (χ1n) is 7.01. The maximum atomic E-state index is 12.9. The highest BCUT2D eigenvalue weighted by Gasteiger charge is 2.46. The number of hydrogen-bond acceptors (Lipinski definition) is 2. The SMILES string of the molecule is CC(NC1CCCCC1C(F)(F)F)C(=O)NC1CC1. The number of carbonyl (C=O) groups is 1. The van der Waals surface area contributed by atoms with Crippen LogP contribution in [0.1, 0.15) is 45.4 Å². The van der Waals surface area contributed by atoms with Gasteiger partial charge in [0.2, 0.25) is 5.91 Å². The molecule has 3 nitrogen and oxygen atoms in total. The molecule has 3 atom stereocenters. The lowest BCUT2D eigenvalue weighted by Crippen LogP contribution is -2.53. The lowest BCUT2D eigenvalue weighted by atomic mass is 9.83. The summed E-state index contributed by atoms with van der Waals surface area (Å²) in [6, 6.07) is -0.955. The van der Waals surface area contributed by atoms with Gasteiger partial charge in [-0.1, -0.05) is 12.8 Å². The van der Waals surface area contributed by atoms with Gasteiger partial charge in [0, 0.05) is 12.1 Å². The summed E-state index contributed by atoms with van der Waals surface area (Å²) in [5, 5.41) is 5.69. The maximum Gasteiger partial charge on any atom is 0.393 e. The van der Waals surface area contributed by atoms with Gasteiger partial charge in [-0.15, -0.1) is 0 Å². The molecule has 2 aliphatic carbocycles. The molecule has 2 rings (SSSR count). The van der Waals surface area contributed by atoms with Crippen LogP contribution in [0.3, 0.4) is 0 Å². The van der Waals surface area contributed by atoms with Crippen LogP contribution in [0.2, 0.25) is 0 Å². The Morgan fingerprint density at radius 2 is 1.79 bits per heavy atom. The van der Waals surface area contributed by atoms with Gasteiger partial charge in [0.25, 0.3) is 0 Å². The predicted molar refractivity (Wildman–Crippen MR) is 65.6 cm³/mol. The summed E-state index contributed by atoms with van der Waals surface area (Å²) >= 11 is 0. The van der Waals surface area contributed by atoms with Crippen molar-refractivity contribution in [2.75, 3.05) is 0 Å². The highest BCUT2D eigenvalue weighted by molar-refractivity contribution is 5.81. The smallest absolute Gasteiger partial charge is 0.352 e. The molecule has 1 amide bonds. The van der Waals surface area contributed by atoms with Gasteiger partial charge < -0.3 is 10.6 Å². The van der Waals surface area contributed by atoms with Crippen molar-refractivity contribution in [3.63, 3.8) is 0 Å². The number of nitrogens with one attached hydrogen (secondary N) is 2. The summed E-state index contributed by atoms with van der Waals surface area (Å²) in [5.41, 5.74) is 0. The molecule has 0 aromatic rings. The zero-order valence-electron chi connectivity index (χ0n) is 11.1. The van der Waals surface area contributed by atoms with Crippen LogP contribution in [0.25, 0.3) is 0 Å². The molecule has 19 heavy (non-hydrogen) atoms. The molecule has 110 valence electrons. The number of hydrogen-bond donors (Lipinski definition) is 2. The average Bonchev–Trinajstić information content (AvgIpc) is 3.12. The molecule has 0 bridgehead atoms. The van der Waals surface area contributed by atoms with Crippen molar-refractivity contribution in [3.05, 3.63) is 0 Å². The van der Waals surface area contributed by atoms with Gasteiger partial charge in [-0.25, -0.2) is 0 Å². The first-order chi connectivity index (χ1) is 8.88. The molecule has 2 aliphatic rings. The van der Waals surface area contributed by atoms with Crippen LogP contribution in [0.15, 0.2) is 0 Å². The minimum Gasteiger partial charge on any atom is -0.352 e. The second kappa shape index (κ2) is 5.69. The van der Waals surface area contributed by atoms with Crippen LogP contribution >= 0.6 is 0 Å². The van der Waals surface area contributed by atoms with E-state index in [1.54, 1.807) is 6.92 Å². The standard InChI is InChI=1S/C13H21F3N2O/c1-8(12(19)18-9-6-7-9)17-11-5-3-2-4-10(11)13(14,15)16/h8-11,17H,2-7H2,1H3,(H,18,19). The van der Waals surface area contributed by atoms with E-state index in [0.717, 1.165) is 19.3 Å². The van der Waals surface area contributed by atoms with Gasteiger partial charge in [0.15, 0.2) is 0 Å². The average molecular weight is 278 g/mol. The van der Waals surface area contributed by atoms with Gasteiger partial charge in [0.05, 0.1) is 12.0 Å². The highest BCUT2D eigenvalue weighted by atomic mass is 19.4. The Bertz CT molecular complexity index is 328. The Morgan fingerprint density at radius 1 is 1.16 bits per heavy atom. The van der Waals surface area contributed by atoms with Crippen molar-refractivity contribution < 1.29 is 18.0 Å². The van der Waals surface area contributed by atoms with E-state index < -0.39 is 24.2 Å². The van der Waals surface area contributed by atoms with E-state index in [0.29, 0.717) is 12.8 Å². The van der Waals surface area contributed by atoms with Crippen molar-refractivity contribution >= 4 is 5.91 Å². The summed E-state index contributed by atoms with van der Waals surface area (Å²) in [5.74, 6) is -1.51. The molecule has 0 heterocycles. The molecule has 0 aromatic carbocycles. The third-order valence-electron chi connectivity index (χ3n) is 3.97. The van der Waals surface area contributed by atoms with Gasteiger partial charge in [-0.3, -0.25) is 4.79 Å². The molecule has 2 saturated carbocycles. The van der Waals surface area contributed by atoms with Crippen molar-refractivity contribution in [3.8, 4) is 0 Å². The molecule has 0 saturated heterocycles. The fraction of sp³-hybridized carbons (Fsp3) is 0.923. The summed E-state index contributed by atoms with van der Waals surface area (Å²) < 4.78 is 38.8. The van der Waals surface area contributed by atoms with Crippen LogP contribution in [0, 0.1) is 5.92 Å². The third kappa shape index (κ3) is 4.09. The summed E-state index contributed by atoms with van der Waals surface area (Å²) in [6.45, 7) is 1.64. The molecule has 3 unspecified atom stereocenters. The summed E-state index contributed by atoms with van der Waals surface area (Å²) in [4.78, 5) is 11.8. The van der Waals surface area contributed by atoms with Crippen LogP contribution in [0.4, 0.5) is 13.2 Å². The van der Waals surface area contributed by atoms with Crippen LogP contribution in [-0.4, -0.2) is 30.2 Å². The Hall–Kier alpha value is -0.780. The van der Waals surface area contributed by atoms with Crippen LogP contribution < -0.4 is 10.6 Å². The summed E-state index contributed by atoms with van der Waals surface area (Å²) in [6.07, 6.45) is -0.152. The van der Waals surface area contributed by atoms with E-state index in [9.17, 15) is 18.0 Å². The van der Waals surface area contributed by atoms with Gasteiger partial charge in [0.1, 0.15) is 0 Å². The minimum atomic E-state index is -4.18. The maximum absolute atomic E-state index is 12.9. The molecule has 0 aromatic heterocycles. The zero-order chi connectivity index (χ0) is 14.0. The Balaban J connectivity index is 1.89. The number of halogens is 3. The number of carbonyl (C=O) groups excluding carboxylic acids is 1. The summed E-state index contributed by atoms with van der Waals surface area (Å²) in [7, 11) is 0. The van der Waals surface area contributed by atoms with Crippen molar-refractivity contribution in [2.45, 2.75) is 69.8 Å². The Kier molecular flexibility index (Phi) is 4.38. The molecular weight excluding hydrogens is 257 g/mol. The first kappa shape index (κ1) is 14.6. The number of rotatable bonds is 4. The number of amides is 1. The molecule has 2 N–H and O–H groups in total. The monoisotopic (exact) mass is 278 g/mol. The van der Waals surface area contributed by atoms with E-state index in [4.69, 9.17) is 0 Å². The zero-order valence-corrected chi connectivity index (χ0v) is 11.1. The second-order valence-electron chi connectivity index (χ2n) is 5.71. The Morgan fingerprint density at radius 3 is 2.37 bits per heavy atom. The number of alkyl halides is 3. The molecule has 2 fully saturated rings. The van der Waals surface area contributed by atoms with E-state index in [2.05, 4.69) is 10.6 Å². The van der Waals surface area contributed by atoms with Gasteiger partial charge in [-0.05, 0) is 32.6 Å². The quantitative estimate of drug-likeness (QED) is 0.829. The fourth-order valence-electron chi connectivity index (χ4n) is 2.67. The molecule has 0 spiro atoms. The second-order valence-corrected chi connectivity index (χ2v) is 5.71.